The number of carbonyl (C=O) groups excluding carboxylic acids is 1. The highest BCUT2D eigenvalue weighted by Gasteiger charge is 2.09. The number of ether oxygens (including phenoxy) is 3. The molecule has 0 spiro atoms. The molecular weight excluding hydrogens is 511 g/mol. The molecule has 0 aliphatic rings. The van der Waals surface area contributed by atoms with Crippen molar-refractivity contribution in [3.63, 3.8) is 0 Å². The number of hydrogen-bond acceptors (Lipinski definition) is 5. The number of nitrogens with one attached hydrogen (secondary N) is 3. The highest BCUT2D eigenvalue weighted by molar-refractivity contribution is 14.0. The van der Waals surface area contributed by atoms with E-state index in [-0.39, 0.29) is 36.0 Å². The minimum atomic E-state index is -0.138. The lowest BCUT2D eigenvalue weighted by molar-refractivity contribution is 0.0954. The van der Waals surface area contributed by atoms with Gasteiger partial charge in [0.25, 0.3) is 5.91 Å². The summed E-state index contributed by atoms with van der Waals surface area (Å²) in [6, 6.07) is 14.5. The highest BCUT2D eigenvalue weighted by Crippen LogP contribution is 2.26. The smallest absolute Gasteiger partial charge is 0.251 e. The lowest BCUT2D eigenvalue weighted by atomic mass is 10.2. The average molecular weight is 542 g/mol. The van der Waals surface area contributed by atoms with E-state index in [9.17, 15) is 4.79 Å². The minimum Gasteiger partial charge on any atom is -0.497 e. The van der Waals surface area contributed by atoms with E-state index in [4.69, 9.17) is 14.2 Å². The van der Waals surface area contributed by atoms with Gasteiger partial charge in [-0.25, -0.2) is 0 Å². The summed E-state index contributed by atoms with van der Waals surface area (Å²) in [7, 11) is 4.90. The SMILES string of the molecule is CN=C(NCCNC(=O)c1ccc(OC)cc1)NCC(C)Oc1ccccc1OC.I. The summed E-state index contributed by atoms with van der Waals surface area (Å²) in [4.78, 5) is 16.3. The Morgan fingerprint density at radius 1 is 0.935 bits per heavy atom. The third-order valence-corrected chi connectivity index (χ3v) is 4.23. The molecule has 3 N–H and O–H groups in total. The molecule has 2 aromatic carbocycles. The molecule has 0 aliphatic carbocycles. The van der Waals surface area contributed by atoms with Gasteiger partial charge in [0.05, 0.1) is 20.8 Å². The first-order valence-electron chi connectivity index (χ1n) is 9.73. The molecule has 1 unspecified atom stereocenters. The van der Waals surface area contributed by atoms with Crippen LogP contribution in [0.5, 0.6) is 17.2 Å². The van der Waals surface area contributed by atoms with Gasteiger partial charge in [0, 0.05) is 25.7 Å². The van der Waals surface area contributed by atoms with Crippen LogP contribution in [0.3, 0.4) is 0 Å². The number of rotatable bonds is 10. The zero-order chi connectivity index (χ0) is 21.8. The fourth-order valence-corrected chi connectivity index (χ4v) is 2.64. The Kier molecular flexibility index (Phi) is 12.2. The van der Waals surface area contributed by atoms with Crippen LogP contribution in [0.1, 0.15) is 17.3 Å². The molecular formula is C22H31IN4O4. The number of halogens is 1. The number of nitrogens with zero attached hydrogens (tertiary/aromatic N) is 1. The van der Waals surface area contributed by atoms with Crippen molar-refractivity contribution in [1.29, 1.82) is 0 Å². The first kappa shape index (κ1) is 26.3. The van der Waals surface area contributed by atoms with Gasteiger partial charge in [0.2, 0.25) is 0 Å². The maximum atomic E-state index is 12.1. The Morgan fingerprint density at radius 2 is 1.58 bits per heavy atom. The van der Waals surface area contributed by atoms with Crippen LogP contribution in [0.4, 0.5) is 0 Å². The molecule has 0 radical (unpaired) electrons. The zero-order valence-corrected chi connectivity index (χ0v) is 20.6. The Labute approximate surface area is 200 Å². The lowest BCUT2D eigenvalue weighted by Gasteiger charge is -2.19. The van der Waals surface area contributed by atoms with E-state index in [2.05, 4.69) is 20.9 Å². The molecule has 0 fully saturated rings. The third-order valence-electron chi connectivity index (χ3n) is 4.23. The van der Waals surface area contributed by atoms with Gasteiger partial charge in [-0.05, 0) is 43.3 Å². The lowest BCUT2D eigenvalue weighted by Crippen LogP contribution is -2.44. The second-order valence-corrected chi connectivity index (χ2v) is 6.44. The predicted octanol–water partition coefficient (Wildman–Crippen LogP) is 2.68. The molecule has 1 amide bonds. The number of hydrogen-bond donors (Lipinski definition) is 3. The van der Waals surface area contributed by atoms with Crippen LogP contribution in [0, 0.1) is 0 Å². The van der Waals surface area contributed by atoms with E-state index in [0.29, 0.717) is 48.4 Å². The normalized spacial score (nSPS) is 11.5. The maximum Gasteiger partial charge on any atom is 0.251 e. The van der Waals surface area contributed by atoms with Gasteiger partial charge in [0.15, 0.2) is 17.5 Å². The number of aliphatic imine (C=N–C) groups is 1. The molecule has 2 aromatic rings. The van der Waals surface area contributed by atoms with E-state index in [1.807, 2.05) is 31.2 Å². The molecule has 1 atom stereocenters. The van der Waals surface area contributed by atoms with E-state index in [1.54, 1.807) is 45.5 Å². The minimum absolute atomic E-state index is 0. The van der Waals surface area contributed by atoms with Crippen LogP contribution in [0.2, 0.25) is 0 Å². The molecule has 170 valence electrons. The van der Waals surface area contributed by atoms with Crippen LogP contribution in [-0.4, -0.2) is 58.9 Å². The average Bonchev–Trinajstić information content (AvgIpc) is 2.78. The Bertz CT molecular complexity index is 831. The molecule has 0 saturated heterocycles. The fraction of sp³-hybridized carbons (Fsp3) is 0.364. The van der Waals surface area contributed by atoms with Crippen molar-refractivity contribution >= 4 is 35.8 Å². The monoisotopic (exact) mass is 542 g/mol. The van der Waals surface area contributed by atoms with Crippen LogP contribution >= 0.6 is 24.0 Å². The summed E-state index contributed by atoms with van der Waals surface area (Å²) in [5, 5.41) is 9.23. The van der Waals surface area contributed by atoms with Crippen LogP contribution in [-0.2, 0) is 0 Å². The van der Waals surface area contributed by atoms with E-state index in [1.165, 1.54) is 0 Å². The van der Waals surface area contributed by atoms with Crippen molar-refractivity contribution in [3.05, 3.63) is 54.1 Å². The van der Waals surface area contributed by atoms with Gasteiger partial charge in [-0.1, -0.05) is 12.1 Å². The molecule has 0 aliphatic heterocycles. The van der Waals surface area contributed by atoms with Crippen LogP contribution in [0.25, 0.3) is 0 Å². The topological polar surface area (TPSA) is 93.2 Å². The molecule has 31 heavy (non-hydrogen) atoms. The van der Waals surface area contributed by atoms with Crippen molar-refractivity contribution in [1.82, 2.24) is 16.0 Å². The molecule has 8 nitrogen and oxygen atoms in total. The second kappa shape index (κ2) is 14.3. The quantitative estimate of drug-likeness (QED) is 0.185. The standard InChI is InChI=1S/C22H30N4O4.HI/c1-16(30-20-8-6-5-7-19(20)29-4)15-26-22(23-2)25-14-13-24-21(27)17-9-11-18(28-3)12-10-17;/h5-12,16H,13-15H2,1-4H3,(H,24,27)(H2,23,25,26);1H. The number of methoxy groups -OCH3 is 2. The molecule has 0 bridgehead atoms. The first-order chi connectivity index (χ1) is 14.6. The summed E-state index contributed by atoms with van der Waals surface area (Å²) in [5.41, 5.74) is 0.584. The highest BCUT2D eigenvalue weighted by atomic mass is 127. The van der Waals surface area contributed by atoms with Gasteiger partial charge in [0.1, 0.15) is 11.9 Å². The number of carbonyl (C=O) groups is 1. The van der Waals surface area contributed by atoms with Crippen LogP contribution in [0.15, 0.2) is 53.5 Å². The first-order valence-corrected chi connectivity index (χ1v) is 9.73. The number of guanidine groups is 1. The van der Waals surface area contributed by atoms with Crippen LogP contribution < -0.4 is 30.2 Å². The molecule has 9 heteroatoms. The van der Waals surface area contributed by atoms with Gasteiger partial charge >= 0.3 is 0 Å². The van der Waals surface area contributed by atoms with Crippen molar-refractivity contribution in [2.45, 2.75) is 13.0 Å². The number of benzene rings is 2. The van der Waals surface area contributed by atoms with Crippen molar-refractivity contribution in [2.75, 3.05) is 40.9 Å². The summed E-state index contributed by atoms with van der Waals surface area (Å²) in [5.74, 6) is 2.59. The third kappa shape index (κ3) is 8.91. The van der Waals surface area contributed by atoms with E-state index in [0.717, 1.165) is 0 Å². The van der Waals surface area contributed by atoms with Crippen molar-refractivity contribution < 1.29 is 19.0 Å². The van der Waals surface area contributed by atoms with Gasteiger partial charge in [-0.15, -0.1) is 24.0 Å². The second-order valence-electron chi connectivity index (χ2n) is 6.44. The predicted molar refractivity (Wildman–Crippen MR) is 133 cm³/mol. The largest absolute Gasteiger partial charge is 0.497 e. The van der Waals surface area contributed by atoms with Crippen molar-refractivity contribution in [3.8, 4) is 17.2 Å². The van der Waals surface area contributed by atoms with Gasteiger partial charge < -0.3 is 30.2 Å². The van der Waals surface area contributed by atoms with E-state index < -0.39 is 0 Å². The number of para-hydroxylation sites is 2. The molecule has 0 aromatic heterocycles. The fourth-order valence-electron chi connectivity index (χ4n) is 2.64. The molecule has 0 saturated carbocycles. The molecule has 2 rings (SSSR count). The van der Waals surface area contributed by atoms with Gasteiger partial charge in [-0.2, -0.15) is 0 Å². The van der Waals surface area contributed by atoms with Gasteiger partial charge in [-0.3, -0.25) is 9.79 Å². The Morgan fingerprint density at radius 3 is 2.19 bits per heavy atom. The molecule has 0 heterocycles. The Hall–Kier alpha value is -2.69. The zero-order valence-electron chi connectivity index (χ0n) is 18.3. The summed E-state index contributed by atoms with van der Waals surface area (Å²) in [6.07, 6.45) is -0.102. The number of amides is 1. The Balaban J connectivity index is 0.00000480. The van der Waals surface area contributed by atoms with Crippen molar-refractivity contribution in [2.24, 2.45) is 4.99 Å². The summed E-state index contributed by atoms with van der Waals surface area (Å²) < 4.78 is 16.3. The van der Waals surface area contributed by atoms with E-state index >= 15 is 0 Å². The summed E-state index contributed by atoms with van der Waals surface area (Å²) >= 11 is 0. The summed E-state index contributed by atoms with van der Waals surface area (Å²) in [6.45, 7) is 3.50. The maximum absolute atomic E-state index is 12.1.